The molecule has 0 saturated carbocycles. The Morgan fingerprint density at radius 3 is 2.73 bits per heavy atom. The van der Waals surface area contributed by atoms with E-state index in [4.69, 9.17) is 16.7 Å². The number of hydrogen-bond acceptors (Lipinski definition) is 3. The fourth-order valence-electron chi connectivity index (χ4n) is 0.501. The van der Waals surface area contributed by atoms with Crippen molar-refractivity contribution in [2.45, 2.75) is 5.92 Å². The first-order chi connectivity index (χ1) is 5.06. The second-order valence-electron chi connectivity index (χ2n) is 1.85. The molecular formula is C5H4ClF2NOS. The summed E-state index contributed by atoms with van der Waals surface area (Å²) in [5.74, 6) is -3.27. The molecule has 0 bridgehead atoms. The van der Waals surface area contributed by atoms with Crippen molar-refractivity contribution in [1.29, 1.82) is 0 Å². The van der Waals surface area contributed by atoms with Crippen molar-refractivity contribution in [2.24, 2.45) is 0 Å². The minimum Gasteiger partial charge on any atom is -0.390 e. The molecule has 1 aromatic rings. The number of alkyl halides is 2. The van der Waals surface area contributed by atoms with Crippen molar-refractivity contribution >= 4 is 22.9 Å². The van der Waals surface area contributed by atoms with Gasteiger partial charge in [0, 0.05) is 5.38 Å². The molecule has 0 aliphatic rings. The van der Waals surface area contributed by atoms with E-state index in [1.165, 1.54) is 0 Å². The summed E-state index contributed by atoms with van der Waals surface area (Å²) in [6.07, 6.45) is 0. The van der Waals surface area contributed by atoms with Gasteiger partial charge < -0.3 is 5.11 Å². The summed E-state index contributed by atoms with van der Waals surface area (Å²) < 4.78 is 25.1. The average Bonchev–Trinajstić information content (AvgIpc) is 2.36. The van der Waals surface area contributed by atoms with Crippen molar-refractivity contribution < 1.29 is 13.9 Å². The second kappa shape index (κ2) is 3.00. The Labute approximate surface area is 70.4 Å². The lowest BCUT2D eigenvalue weighted by Crippen LogP contribution is -2.18. The molecule has 0 saturated heterocycles. The van der Waals surface area contributed by atoms with Gasteiger partial charge in [0.25, 0.3) is 0 Å². The van der Waals surface area contributed by atoms with Gasteiger partial charge in [-0.2, -0.15) is 8.78 Å². The largest absolute Gasteiger partial charge is 0.390 e. The molecule has 1 aromatic heterocycles. The van der Waals surface area contributed by atoms with Gasteiger partial charge in [-0.05, 0) is 0 Å². The molecule has 62 valence electrons. The molecule has 0 aliphatic heterocycles. The molecule has 0 fully saturated rings. The highest BCUT2D eigenvalue weighted by molar-refractivity contribution is 7.13. The predicted octanol–water partition coefficient (Wildman–Crippen LogP) is 1.88. The van der Waals surface area contributed by atoms with Gasteiger partial charge in [-0.15, -0.1) is 11.3 Å². The summed E-state index contributed by atoms with van der Waals surface area (Å²) in [5, 5.41) is 9.35. The van der Waals surface area contributed by atoms with Crippen LogP contribution in [-0.4, -0.2) is 16.7 Å². The summed E-state index contributed by atoms with van der Waals surface area (Å²) >= 11 is 6.23. The maximum Gasteiger partial charge on any atom is 0.313 e. The lowest BCUT2D eigenvalue weighted by atomic mass is 10.3. The van der Waals surface area contributed by atoms with Crippen LogP contribution in [0.15, 0.2) is 5.38 Å². The van der Waals surface area contributed by atoms with Crippen molar-refractivity contribution in [3.63, 3.8) is 0 Å². The first-order valence-electron chi connectivity index (χ1n) is 2.66. The molecule has 6 heteroatoms. The zero-order valence-corrected chi connectivity index (χ0v) is 6.79. The van der Waals surface area contributed by atoms with Crippen molar-refractivity contribution in [2.75, 3.05) is 6.61 Å². The number of nitrogens with zero attached hydrogens (tertiary/aromatic N) is 1. The summed E-state index contributed by atoms with van der Waals surface area (Å²) in [6, 6.07) is 0. The summed E-state index contributed by atoms with van der Waals surface area (Å²) in [5.41, 5.74) is -0.477. The zero-order chi connectivity index (χ0) is 8.48. The van der Waals surface area contributed by atoms with E-state index in [1.54, 1.807) is 0 Å². The van der Waals surface area contributed by atoms with Gasteiger partial charge >= 0.3 is 5.92 Å². The predicted molar refractivity (Wildman–Crippen MR) is 38.1 cm³/mol. The van der Waals surface area contributed by atoms with Gasteiger partial charge in [0.1, 0.15) is 12.3 Å². The maximum absolute atomic E-state index is 12.5. The normalized spacial score (nSPS) is 12.0. The molecule has 0 aliphatic carbocycles. The molecule has 0 atom stereocenters. The van der Waals surface area contributed by atoms with Crippen LogP contribution in [0.2, 0.25) is 4.47 Å². The van der Waals surface area contributed by atoms with Crippen LogP contribution in [0.4, 0.5) is 8.78 Å². The van der Waals surface area contributed by atoms with Gasteiger partial charge in [-0.25, -0.2) is 4.98 Å². The van der Waals surface area contributed by atoms with E-state index in [1.807, 2.05) is 0 Å². The number of rotatable bonds is 2. The van der Waals surface area contributed by atoms with E-state index in [9.17, 15) is 8.78 Å². The Kier molecular flexibility index (Phi) is 2.41. The number of aliphatic hydroxyl groups excluding tert-OH is 1. The van der Waals surface area contributed by atoms with Gasteiger partial charge in [0.05, 0.1) is 0 Å². The Bertz CT molecular complexity index is 252. The van der Waals surface area contributed by atoms with E-state index < -0.39 is 18.2 Å². The third-order valence-electron chi connectivity index (χ3n) is 1.05. The monoisotopic (exact) mass is 199 g/mol. The van der Waals surface area contributed by atoms with Crippen LogP contribution in [0.5, 0.6) is 0 Å². The lowest BCUT2D eigenvalue weighted by Gasteiger charge is -2.08. The SMILES string of the molecule is OCC(F)(F)c1csc(Cl)n1. The van der Waals surface area contributed by atoms with Gasteiger partial charge in [-0.3, -0.25) is 0 Å². The van der Waals surface area contributed by atoms with Crippen LogP contribution in [0, 0.1) is 0 Å². The average molecular weight is 200 g/mol. The molecule has 0 spiro atoms. The third-order valence-corrected chi connectivity index (χ3v) is 2.03. The maximum atomic E-state index is 12.5. The highest BCUT2D eigenvalue weighted by atomic mass is 35.5. The standard InChI is InChI=1S/C5H4ClF2NOS/c6-4-9-3(1-11-4)5(7,8)2-10/h1,10H,2H2. The minimum atomic E-state index is -3.27. The Morgan fingerprint density at radius 1 is 1.73 bits per heavy atom. The molecule has 1 heterocycles. The van der Waals surface area contributed by atoms with Crippen molar-refractivity contribution in [1.82, 2.24) is 4.98 Å². The van der Waals surface area contributed by atoms with E-state index in [0.29, 0.717) is 0 Å². The molecular weight excluding hydrogens is 196 g/mol. The van der Waals surface area contributed by atoms with E-state index in [-0.39, 0.29) is 4.47 Å². The van der Waals surface area contributed by atoms with Crippen LogP contribution in [0.1, 0.15) is 5.69 Å². The smallest absolute Gasteiger partial charge is 0.313 e. The number of aliphatic hydroxyl groups is 1. The molecule has 1 rings (SSSR count). The number of hydrogen-bond donors (Lipinski definition) is 1. The number of aromatic nitrogens is 1. The first kappa shape index (κ1) is 8.83. The fraction of sp³-hybridized carbons (Fsp3) is 0.400. The Balaban J connectivity index is 2.92. The highest BCUT2D eigenvalue weighted by Crippen LogP contribution is 2.29. The molecule has 2 nitrogen and oxygen atoms in total. The van der Waals surface area contributed by atoms with E-state index in [0.717, 1.165) is 16.7 Å². The van der Waals surface area contributed by atoms with Crippen LogP contribution >= 0.6 is 22.9 Å². The third kappa shape index (κ3) is 1.85. The molecule has 0 aromatic carbocycles. The van der Waals surface area contributed by atoms with Crippen LogP contribution < -0.4 is 0 Å². The minimum absolute atomic E-state index is 0.0492. The van der Waals surface area contributed by atoms with Crippen molar-refractivity contribution in [3.05, 3.63) is 15.5 Å². The van der Waals surface area contributed by atoms with Crippen LogP contribution in [-0.2, 0) is 5.92 Å². The van der Waals surface area contributed by atoms with E-state index >= 15 is 0 Å². The number of halogens is 3. The highest BCUT2D eigenvalue weighted by Gasteiger charge is 2.33. The lowest BCUT2D eigenvalue weighted by molar-refractivity contribution is -0.0587. The zero-order valence-electron chi connectivity index (χ0n) is 5.22. The quantitative estimate of drug-likeness (QED) is 0.789. The van der Waals surface area contributed by atoms with Crippen LogP contribution in [0.25, 0.3) is 0 Å². The van der Waals surface area contributed by atoms with Crippen LogP contribution in [0.3, 0.4) is 0 Å². The second-order valence-corrected chi connectivity index (χ2v) is 3.29. The van der Waals surface area contributed by atoms with Gasteiger partial charge in [0.2, 0.25) is 0 Å². The van der Waals surface area contributed by atoms with E-state index in [2.05, 4.69) is 4.98 Å². The number of thiazole rings is 1. The summed E-state index contributed by atoms with van der Waals surface area (Å²) in [7, 11) is 0. The Morgan fingerprint density at radius 2 is 2.36 bits per heavy atom. The summed E-state index contributed by atoms with van der Waals surface area (Å²) in [4.78, 5) is 3.33. The topological polar surface area (TPSA) is 33.1 Å². The van der Waals surface area contributed by atoms with Gasteiger partial charge in [-0.1, -0.05) is 11.6 Å². The first-order valence-corrected chi connectivity index (χ1v) is 3.92. The molecule has 0 unspecified atom stereocenters. The summed E-state index contributed by atoms with van der Waals surface area (Å²) in [6.45, 7) is -1.24. The van der Waals surface area contributed by atoms with Gasteiger partial charge in [0.15, 0.2) is 4.47 Å². The fourth-order valence-corrected chi connectivity index (χ4v) is 1.31. The molecule has 0 amide bonds. The Hall–Kier alpha value is -0.260. The molecule has 0 radical (unpaired) electrons. The molecule has 1 N–H and O–H groups in total. The van der Waals surface area contributed by atoms with Crippen molar-refractivity contribution in [3.8, 4) is 0 Å². The molecule has 11 heavy (non-hydrogen) atoms.